The molecule has 1 fully saturated rings. The molecule has 0 aliphatic carbocycles. The van der Waals surface area contributed by atoms with Crippen LogP contribution in [-0.4, -0.2) is 34.8 Å². The van der Waals surface area contributed by atoms with Crippen LogP contribution in [0.3, 0.4) is 0 Å². The number of carbonyl (C=O) groups excluding carboxylic acids is 1. The fraction of sp³-hybridized carbons (Fsp3) is 0.765. The first-order chi connectivity index (χ1) is 10.5. The summed E-state index contributed by atoms with van der Waals surface area (Å²) in [6, 6.07) is 0.298. The topological polar surface area (TPSA) is 59.0 Å². The molecule has 6 heteroatoms. The van der Waals surface area contributed by atoms with Gasteiger partial charge in [-0.05, 0) is 51.1 Å². The molecule has 1 amide bonds. The standard InChI is InChI=1S/C17H30N4O.ClH/c1-12(2)11-21-14(4)16(13(3)20-21)7-8-17(22)19-15-6-5-9-18-10-15;/h12,15,18H,5-11H2,1-4H3,(H,19,22);1H. The van der Waals surface area contributed by atoms with Gasteiger partial charge in [-0.2, -0.15) is 5.10 Å². The average Bonchev–Trinajstić information content (AvgIpc) is 2.72. The number of hydrogen-bond donors (Lipinski definition) is 2. The van der Waals surface area contributed by atoms with E-state index in [2.05, 4.69) is 41.2 Å². The number of piperidine rings is 1. The van der Waals surface area contributed by atoms with Gasteiger partial charge in [-0.15, -0.1) is 12.4 Å². The average molecular weight is 343 g/mol. The highest BCUT2D eigenvalue weighted by molar-refractivity contribution is 5.85. The van der Waals surface area contributed by atoms with E-state index in [9.17, 15) is 4.79 Å². The number of halogens is 1. The Bertz CT molecular complexity index is 507. The van der Waals surface area contributed by atoms with Gasteiger partial charge < -0.3 is 10.6 Å². The zero-order valence-electron chi connectivity index (χ0n) is 14.8. The van der Waals surface area contributed by atoms with Gasteiger partial charge in [-0.25, -0.2) is 0 Å². The van der Waals surface area contributed by atoms with Crippen molar-refractivity contribution in [3.8, 4) is 0 Å². The molecule has 132 valence electrons. The number of aromatic nitrogens is 2. The molecule has 1 saturated heterocycles. The van der Waals surface area contributed by atoms with Crippen LogP contribution in [0.4, 0.5) is 0 Å². The molecular formula is C17H31ClN4O. The second-order valence-electron chi connectivity index (χ2n) is 6.84. The lowest BCUT2D eigenvalue weighted by Gasteiger charge is -2.23. The maximum Gasteiger partial charge on any atom is 0.220 e. The Balaban J connectivity index is 0.00000264. The fourth-order valence-corrected chi connectivity index (χ4v) is 3.13. The normalized spacial score (nSPS) is 17.9. The largest absolute Gasteiger partial charge is 0.352 e. The van der Waals surface area contributed by atoms with E-state index in [1.54, 1.807) is 0 Å². The minimum atomic E-state index is 0. The summed E-state index contributed by atoms with van der Waals surface area (Å²) in [5.41, 5.74) is 3.50. The first-order valence-corrected chi connectivity index (χ1v) is 8.50. The minimum absolute atomic E-state index is 0. The van der Waals surface area contributed by atoms with E-state index in [0.717, 1.165) is 44.6 Å². The fourth-order valence-electron chi connectivity index (χ4n) is 3.13. The number of hydrogen-bond acceptors (Lipinski definition) is 3. The Morgan fingerprint density at radius 2 is 2.17 bits per heavy atom. The first kappa shape index (κ1) is 20.0. The molecule has 1 aromatic rings. The summed E-state index contributed by atoms with van der Waals surface area (Å²) in [4.78, 5) is 12.1. The molecule has 0 saturated carbocycles. The van der Waals surface area contributed by atoms with Crippen molar-refractivity contribution in [3.63, 3.8) is 0 Å². The smallest absolute Gasteiger partial charge is 0.220 e. The van der Waals surface area contributed by atoms with E-state index >= 15 is 0 Å². The lowest BCUT2D eigenvalue weighted by atomic mass is 10.1. The number of nitrogens with zero attached hydrogens (tertiary/aromatic N) is 2. The predicted molar refractivity (Wildman–Crippen MR) is 96.1 cm³/mol. The third kappa shape index (κ3) is 5.81. The zero-order chi connectivity index (χ0) is 16.1. The van der Waals surface area contributed by atoms with E-state index in [1.807, 2.05) is 6.92 Å². The second-order valence-corrected chi connectivity index (χ2v) is 6.84. The third-order valence-electron chi connectivity index (χ3n) is 4.33. The molecule has 2 heterocycles. The zero-order valence-corrected chi connectivity index (χ0v) is 15.6. The van der Waals surface area contributed by atoms with Gasteiger partial charge in [0.05, 0.1) is 5.69 Å². The minimum Gasteiger partial charge on any atom is -0.352 e. The van der Waals surface area contributed by atoms with Crippen LogP contribution in [0.15, 0.2) is 0 Å². The molecule has 23 heavy (non-hydrogen) atoms. The molecule has 2 rings (SSSR count). The van der Waals surface area contributed by atoms with E-state index in [4.69, 9.17) is 0 Å². The van der Waals surface area contributed by atoms with Crippen molar-refractivity contribution >= 4 is 18.3 Å². The summed E-state index contributed by atoms with van der Waals surface area (Å²) in [6.07, 6.45) is 3.56. The highest BCUT2D eigenvalue weighted by Crippen LogP contribution is 2.16. The lowest BCUT2D eigenvalue weighted by molar-refractivity contribution is -0.121. The van der Waals surface area contributed by atoms with Gasteiger partial charge in [0.1, 0.15) is 0 Å². The van der Waals surface area contributed by atoms with Crippen molar-refractivity contribution in [3.05, 3.63) is 17.0 Å². The van der Waals surface area contributed by atoms with Gasteiger partial charge in [0.15, 0.2) is 0 Å². The molecule has 2 N–H and O–H groups in total. The molecule has 0 radical (unpaired) electrons. The van der Waals surface area contributed by atoms with Crippen molar-refractivity contribution in [1.82, 2.24) is 20.4 Å². The molecule has 1 unspecified atom stereocenters. The maximum absolute atomic E-state index is 12.1. The van der Waals surface area contributed by atoms with Crippen LogP contribution >= 0.6 is 12.4 Å². The SMILES string of the molecule is Cc1nn(CC(C)C)c(C)c1CCC(=O)NC1CCCNC1.Cl. The van der Waals surface area contributed by atoms with Crippen molar-refractivity contribution in [2.24, 2.45) is 5.92 Å². The Morgan fingerprint density at radius 1 is 1.43 bits per heavy atom. The number of nitrogens with one attached hydrogen (secondary N) is 2. The summed E-state index contributed by atoms with van der Waals surface area (Å²) in [5.74, 6) is 0.733. The maximum atomic E-state index is 12.1. The quantitative estimate of drug-likeness (QED) is 0.834. The monoisotopic (exact) mass is 342 g/mol. The molecule has 1 atom stereocenters. The lowest BCUT2D eigenvalue weighted by Crippen LogP contribution is -2.45. The Labute approximate surface area is 146 Å². The summed E-state index contributed by atoms with van der Waals surface area (Å²) >= 11 is 0. The van der Waals surface area contributed by atoms with Crippen molar-refractivity contribution in [2.45, 2.75) is 66.0 Å². The molecule has 0 aromatic carbocycles. The van der Waals surface area contributed by atoms with Gasteiger partial charge in [0, 0.05) is 31.2 Å². The molecule has 1 aliphatic heterocycles. The van der Waals surface area contributed by atoms with Crippen LogP contribution in [0, 0.1) is 19.8 Å². The van der Waals surface area contributed by atoms with Crippen LogP contribution < -0.4 is 10.6 Å². The third-order valence-corrected chi connectivity index (χ3v) is 4.33. The van der Waals surface area contributed by atoms with Gasteiger partial charge in [-0.3, -0.25) is 9.48 Å². The van der Waals surface area contributed by atoms with E-state index in [1.165, 1.54) is 11.3 Å². The van der Waals surface area contributed by atoms with E-state index in [0.29, 0.717) is 18.4 Å². The van der Waals surface area contributed by atoms with Gasteiger partial charge in [-0.1, -0.05) is 13.8 Å². The van der Waals surface area contributed by atoms with Crippen LogP contribution in [0.2, 0.25) is 0 Å². The van der Waals surface area contributed by atoms with Crippen LogP contribution in [0.1, 0.15) is 50.1 Å². The summed E-state index contributed by atoms with van der Waals surface area (Å²) in [5, 5.41) is 11.1. The summed E-state index contributed by atoms with van der Waals surface area (Å²) in [6.45, 7) is 11.5. The van der Waals surface area contributed by atoms with Crippen molar-refractivity contribution in [2.75, 3.05) is 13.1 Å². The summed E-state index contributed by atoms with van der Waals surface area (Å²) < 4.78 is 2.08. The Hall–Kier alpha value is -1.07. The number of carbonyl (C=O) groups is 1. The molecule has 5 nitrogen and oxygen atoms in total. The highest BCUT2D eigenvalue weighted by atomic mass is 35.5. The van der Waals surface area contributed by atoms with Crippen LogP contribution in [0.25, 0.3) is 0 Å². The number of amides is 1. The molecule has 0 spiro atoms. The van der Waals surface area contributed by atoms with Gasteiger partial charge in [0.25, 0.3) is 0 Å². The van der Waals surface area contributed by atoms with Crippen molar-refractivity contribution < 1.29 is 4.79 Å². The molecule has 1 aliphatic rings. The predicted octanol–water partition coefficient (Wildman–Crippen LogP) is 2.38. The van der Waals surface area contributed by atoms with Crippen LogP contribution in [0.5, 0.6) is 0 Å². The second kappa shape index (κ2) is 9.28. The Kier molecular flexibility index (Phi) is 8.06. The van der Waals surface area contributed by atoms with Crippen LogP contribution in [-0.2, 0) is 17.8 Å². The molecular weight excluding hydrogens is 312 g/mol. The van der Waals surface area contributed by atoms with E-state index in [-0.39, 0.29) is 18.3 Å². The van der Waals surface area contributed by atoms with Gasteiger partial charge in [0.2, 0.25) is 5.91 Å². The molecule has 1 aromatic heterocycles. The first-order valence-electron chi connectivity index (χ1n) is 8.50. The van der Waals surface area contributed by atoms with Crippen molar-refractivity contribution in [1.29, 1.82) is 0 Å². The van der Waals surface area contributed by atoms with E-state index < -0.39 is 0 Å². The Morgan fingerprint density at radius 3 is 2.78 bits per heavy atom. The summed E-state index contributed by atoms with van der Waals surface area (Å²) in [7, 11) is 0. The number of aryl methyl sites for hydroxylation is 1. The number of rotatable bonds is 6. The highest BCUT2D eigenvalue weighted by Gasteiger charge is 2.17. The van der Waals surface area contributed by atoms with Gasteiger partial charge >= 0.3 is 0 Å². The molecule has 0 bridgehead atoms.